The lowest BCUT2D eigenvalue weighted by atomic mass is 10.0. The van der Waals surface area contributed by atoms with Crippen LogP contribution < -0.4 is 5.32 Å². The van der Waals surface area contributed by atoms with Gasteiger partial charge in [0.25, 0.3) is 5.91 Å². The van der Waals surface area contributed by atoms with Crippen molar-refractivity contribution in [3.05, 3.63) is 95.0 Å². The van der Waals surface area contributed by atoms with Gasteiger partial charge in [0.1, 0.15) is 0 Å². The molecular weight excluding hydrogens is 344 g/mol. The van der Waals surface area contributed by atoms with Crippen LogP contribution in [0.4, 0.5) is 5.69 Å². The maximum Gasteiger partial charge on any atom is 0.284 e. The number of fused-ring (bicyclic) bond motifs is 1. The van der Waals surface area contributed by atoms with Crippen molar-refractivity contribution in [2.24, 2.45) is 0 Å². The maximum atomic E-state index is 12.4. The summed E-state index contributed by atoms with van der Waals surface area (Å²) in [6, 6.07) is 23.6. The normalized spacial score (nSPS) is 10.6. The maximum absolute atomic E-state index is 12.4. The van der Waals surface area contributed by atoms with Crippen LogP contribution in [0.5, 0.6) is 0 Å². The average molecular weight is 358 g/mol. The molecule has 0 unspecified atom stereocenters. The number of amides is 1. The third kappa shape index (κ3) is 3.25. The van der Waals surface area contributed by atoms with E-state index in [0.717, 1.165) is 10.2 Å². The van der Waals surface area contributed by atoms with Gasteiger partial charge in [0.2, 0.25) is 0 Å². The molecule has 126 valence electrons. The topological polar surface area (TPSA) is 59.1 Å². The number of nitrogens with zero attached hydrogens (tertiary/aromatic N) is 1. The lowest BCUT2D eigenvalue weighted by Crippen LogP contribution is -2.11. The molecule has 0 saturated heterocycles. The van der Waals surface area contributed by atoms with Gasteiger partial charge < -0.3 is 5.32 Å². The Labute approximate surface area is 154 Å². The lowest BCUT2D eigenvalue weighted by Gasteiger charge is -2.05. The predicted molar refractivity (Wildman–Crippen MR) is 104 cm³/mol. The molecule has 1 aromatic heterocycles. The number of rotatable bonds is 4. The minimum atomic E-state index is -0.256. The van der Waals surface area contributed by atoms with Crippen molar-refractivity contribution < 1.29 is 9.59 Å². The van der Waals surface area contributed by atoms with Crippen molar-refractivity contribution in [3.8, 4) is 0 Å². The van der Waals surface area contributed by atoms with E-state index in [-0.39, 0.29) is 11.7 Å². The van der Waals surface area contributed by atoms with Gasteiger partial charge in [0.15, 0.2) is 10.8 Å². The fraction of sp³-hybridized carbons (Fsp3) is 0. The van der Waals surface area contributed by atoms with Crippen LogP contribution in [0.2, 0.25) is 0 Å². The Morgan fingerprint density at radius 2 is 1.42 bits per heavy atom. The Morgan fingerprint density at radius 1 is 0.769 bits per heavy atom. The molecule has 0 radical (unpaired) electrons. The number of carbonyl (C=O) groups excluding carboxylic acids is 2. The highest BCUT2D eigenvalue weighted by Crippen LogP contribution is 2.22. The molecular formula is C21H14N2O2S. The molecule has 1 N–H and O–H groups in total. The van der Waals surface area contributed by atoms with E-state index in [1.807, 2.05) is 42.5 Å². The molecule has 0 bridgehead atoms. The molecule has 0 aliphatic rings. The Hall–Kier alpha value is -3.31. The van der Waals surface area contributed by atoms with E-state index < -0.39 is 0 Å². The summed E-state index contributed by atoms with van der Waals surface area (Å²) in [5.41, 5.74) is 2.65. The minimum absolute atomic E-state index is 0.0466. The van der Waals surface area contributed by atoms with Crippen molar-refractivity contribution in [1.82, 2.24) is 4.98 Å². The van der Waals surface area contributed by atoms with Crippen LogP contribution in [0, 0.1) is 0 Å². The van der Waals surface area contributed by atoms with E-state index >= 15 is 0 Å². The van der Waals surface area contributed by atoms with Gasteiger partial charge in [-0.3, -0.25) is 9.59 Å². The van der Waals surface area contributed by atoms with Crippen LogP contribution in [-0.4, -0.2) is 16.7 Å². The second kappa shape index (κ2) is 6.90. The molecule has 4 aromatic rings. The molecule has 26 heavy (non-hydrogen) atoms. The van der Waals surface area contributed by atoms with Gasteiger partial charge >= 0.3 is 0 Å². The summed E-state index contributed by atoms with van der Waals surface area (Å²) in [5.74, 6) is -0.303. The highest BCUT2D eigenvalue weighted by atomic mass is 32.1. The van der Waals surface area contributed by atoms with E-state index in [0.29, 0.717) is 21.8 Å². The molecule has 0 atom stereocenters. The zero-order valence-corrected chi connectivity index (χ0v) is 14.5. The van der Waals surface area contributed by atoms with Crippen LogP contribution >= 0.6 is 11.3 Å². The van der Waals surface area contributed by atoms with E-state index in [1.54, 1.807) is 36.4 Å². The summed E-state index contributed by atoms with van der Waals surface area (Å²) in [5, 5.41) is 3.24. The highest BCUT2D eigenvalue weighted by Gasteiger charge is 2.13. The van der Waals surface area contributed by atoms with E-state index in [4.69, 9.17) is 0 Å². The zero-order chi connectivity index (χ0) is 17.9. The minimum Gasteiger partial charge on any atom is -0.320 e. The van der Waals surface area contributed by atoms with Crippen molar-refractivity contribution in [2.45, 2.75) is 0 Å². The monoisotopic (exact) mass is 358 g/mol. The molecule has 4 nitrogen and oxygen atoms in total. The van der Waals surface area contributed by atoms with Gasteiger partial charge in [0.05, 0.1) is 10.2 Å². The summed E-state index contributed by atoms with van der Waals surface area (Å²) in [6.45, 7) is 0. The summed E-state index contributed by atoms with van der Waals surface area (Å²) in [4.78, 5) is 29.1. The lowest BCUT2D eigenvalue weighted by molar-refractivity contribution is 0.102. The Bertz CT molecular complexity index is 1050. The third-order valence-electron chi connectivity index (χ3n) is 3.93. The second-order valence-electron chi connectivity index (χ2n) is 5.71. The van der Waals surface area contributed by atoms with Crippen molar-refractivity contribution in [3.63, 3.8) is 0 Å². The molecule has 1 heterocycles. The van der Waals surface area contributed by atoms with Crippen LogP contribution in [-0.2, 0) is 0 Å². The first-order valence-corrected chi connectivity index (χ1v) is 8.89. The largest absolute Gasteiger partial charge is 0.320 e. The number of para-hydroxylation sites is 1. The fourth-order valence-electron chi connectivity index (χ4n) is 2.62. The highest BCUT2D eigenvalue weighted by molar-refractivity contribution is 7.20. The molecule has 3 aromatic carbocycles. The van der Waals surface area contributed by atoms with Crippen molar-refractivity contribution in [1.29, 1.82) is 0 Å². The van der Waals surface area contributed by atoms with Crippen LogP contribution in [0.1, 0.15) is 25.7 Å². The second-order valence-corrected chi connectivity index (χ2v) is 6.74. The molecule has 0 saturated carbocycles. The average Bonchev–Trinajstić information content (AvgIpc) is 3.13. The van der Waals surface area contributed by atoms with Crippen LogP contribution in [0.3, 0.4) is 0 Å². The zero-order valence-electron chi connectivity index (χ0n) is 13.7. The number of nitrogens with one attached hydrogen (secondary N) is 1. The molecule has 0 fully saturated rings. The number of hydrogen-bond donors (Lipinski definition) is 1. The van der Waals surface area contributed by atoms with Crippen molar-refractivity contribution in [2.75, 3.05) is 5.32 Å². The third-order valence-corrected chi connectivity index (χ3v) is 4.96. The number of benzene rings is 3. The number of anilines is 1. The van der Waals surface area contributed by atoms with E-state index in [1.165, 1.54) is 11.3 Å². The number of ketones is 1. The van der Waals surface area contributed by atoms with Crippen LogP contribution in [0.25, 0.3) is 10.2 Å². The summed E-state index contributed by atoms with van der Waals surface area (Å²) < 4.78 is 0.974. The number of hydrogen-bond acceptors (Lipinski definition) is 4. The Morgan fingerprint density at radius 3 is 2.15 bits per heavy atom. The van der Waals surface area contributed by atoms with Gasteiger partial charge in [-0.2, -0.15) is 0 Å². The van der Waals surface area contributed by atoms with Crippen molar-refractivity contribution >= 4 is 38.9 Å². The summed E-state index contributed by atoms with van der Waals surface area (Å²) >= 11 is 1.35. The quantitative estimate of drug-likeness (QED) is 0.534. The Balaban J connectivity index is 1.50. The molecule has 0 aliphatic heterocycles. The number of aromatic nitrogens is 1. The first-order valence-electron chi connectivity index (χ1n) is 8.07. The molecule has 4 rings (SSSR count). The first-order chi connectivity index (χ1) is 12.7. The smallest absolute Gasteiger partial charge is 0.284 e. The van der Waals surface area contributed by atoms with Gasteiger partial charge in [0, 0.05) is 16.8 Å². The van der Waals surface area contributed by atoms with Crippen LogP contribution in [0.15, 0.2) is 78.9 Å². The molecule has 0 aliphatic carbocycles. The molecule has 1 amide bonds. The standard InChI is InChI=1S/C21H14N2O2S/c24-19(14-6-2-1-3-7-14)15-10-12-16(13-11-15)22-20(25)21-23-17-8-4-5-9-18(17)26-21/h1-13H,(H,22,25). The number of carbonyl (C=O) groups is 2. The summed E-state index contributed by atoms with van der Waals surface area (Å²) in [7, 11) is 0. The van der Waals surface area contributed by atoms with Gasteiger partial charge in [-0.05, 0) is 36.4 Å². The summed E-state index contributed by atoms with van der Waals surface area (Å²) in [6.07, 6.45) is 0. The Kier molecular flexibility index (Phi) is 4.29. The van der Waals surface area contributed by atoms with E-state index in [2.05, 4.69) is 10.3 Å². The van der Waals surface area contributed by atoms with E-state index in [9.17, 15) is 9.59 Å². The molecule has 5 heteroatoms. The van der Waals surface area contributed by atoms with Gasteiger partial charge in [-0.25, -0.2) is 4.98 Å². The van der Waals surface area contributed by atoms with Gasteiger partial charge in [-0.1, -0.05) is 42.5 Å². The van der Waals surface area contributed by atoms with Gasteiger partial charge in [-0.15, -0.1) is 11.3 Å². The molecule has 0 spiro atoms. The number of thiazole rings is 1. The fourth-order valence-corrected chi connectivity index (χ4v) is 3.48. The SMILES string of the molecule is O=C(c1ccccc1)c1ccc(NC(=O)c2nc3ccccc3s2)cc1. The predicted octanol–water partition coefficient (Wildman–Crippen LogP) is 4.78. The first kappa shape index (κ1) is 16.2.